The summed E-state index contributed by atoms with van der Waals surface area (Å²) < 4.78 is 5.47. The Labute approximate surface area is 172 Å². The monoisotopic (exact) mass is 395 g/mol. The van der Waals surface area contributed by atoms with Crippen LogP contribution in [0, 0.1) is 0 Å². The van der Waals surface area contributed by atoms with Crippen molar-refractivity contribution in [1.29, 1.82) is 0 Å². The van der Waals surface area contributed by atoms with Crippen LogP contribution >= 0.6 is 11.8 Å². The van der Waals surface area contributed by atoms with Crippen LogP contribution in [0.15, 0.2) is 59.6 Å². The molecule has 28 heavy (non-hydrogen) atoms. The predicted octanol–water partition coefficient (Wildman–Crippen LogP) is 4.94. The molecule has 0 spiro atoms. The minimum absolute atomic E-state index is 0.301. The largest absolute Gasteiger partial charge is 0.497 e. The van der Waals surface area contributed by atoms with Gasteiger partial charge in [0.25, 0.3) is 0 Å². The van der Waals surface area contributed by atoms with Gasteiger partial charge >= 0.3 is 0 Å². The van der Waals surface area contributed by atoms with E-state index in [9.17, 15) is 0 Å². The number of anilines is 1. The lowest BCUT2D eigenvalue weighted by molar-refractivity contribution is 0.278. The number of ether oxygens (including phenoxy) is 1. The molecule has 1 atom stereocenters. The average Bonchev–Trinajstić information content (AvgIpc) is 3.28. The number of rotatable bonds is 8. The fourth-order valence-corrected chi connectivity index (χ4v) is 5.30. The molecule has 148 valence electrons. The topological polar surface area (TPSA) is 19.0 Å². The minimum Gasteiger partial charge on any atom is -0.497 e. The van der Waals surface area contributed by atoms with Crippen LogP contribution in [0.4, 0.5) is 5.69 Å². The molecule has 4 nitrogen and oxygen atoms in total. The molecular weight excluding hydrogens is 366 g/mol. The molecule has 0 radical (unpaired) electrons. The summed E-state index contributed by atoms with van der Waals surface area (Å²) in [6, 6.07) is 17.1. The van der Waals surface area contributed by atoms with Gasteiger partial charge in [0.15, 0.2) is 5.50 Å². The maximum absolute atomic E-state index is 5.47. The van der Waals surface area contributed by atoms with Crippen molar-refractivity contribution >= 4 is 23.1 Å². The summed E-state index contributed by atoms with van der Waals surface area (Å²) in [5.41, 5.74) is 4.11. The van der Waals surface area contributed by atoms with Gasteiger partial charge in [-0.1, -0.05) is 49.9 Å². The predicted molar refractivity (Wildman–Crippen MR) is 119 cm³/mol. The Balaban J connectivity index is 1.61. The zero-order valence-corrected chi connectivity index (χ0v) is 17.8. The van der Waals surface area contributed by atoms with E-state index in [1.807, 2.05) is 17.8 Å². The van der Waals surface area contributed by atoms with Crippen molar-refractivity contribution in [3.63, 3.8) is 0 Å². The first-order valence-corrected chi connectivity index (χ1v) is 11.0. The Bertz CT molecular complexity index is 849. The molecular formula is C23H29N3OS. The van der Waals surface area contributed by atoms with Crippen molar-refractivity contribution in [2.75, 3.05) is 38.2 Å². The van der Waals surface area contributed by atoms with E-state index in [0.29, 0.717) is 5.50 Å². The fourth-order valence-electron chi connectivity index (χ4n) is 3.99. The van der Waals surface area contributed by atoms with Gasteiger partial charge in [-0.15, -0.1) is 0 Å². The molecule has 0 saturated heterocycles. The normalized spacial score (nSPS) is 17.7. The second-order valence-corrected chi connectivity index (χ2v) is 8.24. The van der Waals surface area contributed by atoms with Crippen molar-refractivity contribution in [3.8, 4) is 5.75 Å². The molecule has 2 aliphatic heterocycles. The molecule has 2 aromatic rings. The Morgan fingerprint density at radius 2 is 1.89 bits per heavy atom. The van der Waals surface area contributed by atoms with E-state index in [-0.39, 0.29) is 0 Å². The molecule has 1 unspecified atom stereocenters. The highest BCUT2D eigenvalue weighted by molar-refractivity contribution is 8.00. The van der Waals surface area contributed by atoms with Gasteiger partial charge in [-0.25, -0.2) is 0 Å². The molecule has 2 heterocycles. The maximum Gasteiger partial charge on any atom is 0.159 e. The number of hydrogen-bond donors (Lipinski definition) is 0. The molecule has 2 aromatic carbocycles. The first-order valence-electron chi connectivity index (χ1n) is 10.1. The Kier molecular flexibility index (Phi) is 5.83. The van der Waals surface area contributed by atoms with Crippen molar-refractivity contribution < 1.29 is 4.74 Å². The number of fused-ring (bicyclic) bond motifs is 3. The van der Waals surface area contributed by atoms with Crippen LogP contribution in [-0.4, -0.2) is 48.6 Å². The van der Waals surface area contributed by atoms with E-state index >= 15 is 0 Å². The summed E-state index contributed by atoms with van der Waals surface area (Å²) in [7, 11) is 1.73. The zero-order valence-electron chi connectivity index (χ0n) is 17.0. The van der Waals surface area contributed by atoms with Crippen LogP contribution in [0.1, 0.15) is 25.8 Å². The maximum atomic E-state index is 5.47. The second-order valence-electron chi connectivity index (χ2n) is 7.14. The third-order valence-electron chi connectivity index (χ3n) is 5.58. The van der Waals surface area contributed by atoms with Gasteiger partial charge in [-0.2, -0.15) is 0 Å². The molecule has 0 saturated carbocycles. The molecule has 4 rings (SSSR count). The van der Waals surface area contributed by atoms with Crippen molar-refractivity contribution in [1.82, 2.24) is 9.80 Å². The van der Waals surface area contributed by atoms with E-state index < -0.39 is 0 Å². The summed E-state index contributed by atoms with van der Waals surface area (Å²) in [5, 5.41) is 0. The molecule has 2 aliphatic rings. The number of hydrogen-bond acceptors (Lipinski definition) is 5. The lowest BCUT2D eigenvalue weighted by Gasteiger charge is -2.30. The van der Waals surface area contributed by atoms with Crippen molar-refractivity contribution in [2.45, 2.75) is 30.7 Å². The molecule has 0 fully saturated rings. The lowest BCUT2D eigenvalue weighted by atomic mass is 10.1. The summed E-state index contributed by atoms with van der Waals surface area (Å²) in [6.45, 7) is 8.90. The van der Waals surface area contributed by atoms with Gasteiger partial charge in [0.05, 0.1) is 18.5 Å². The van der Waals surface area contributed by atoms with Crippen LogP contribution < -0.4 is 9.64 Å². The quantitative estimate of drug-likeness (QED) is 0.629. The number of para-hydroxylation sites is 1. The van der Waals surface area contributed by atoms with Gasteiger partial charge in [0.1, 0.15) is 5.75 Å². The van der Waals surface area contributed by atoms with Crippen LogP contribution in [-0.2, 0) is 0 Å². The van der Waals surface area contributed by atoms with Gasteiger partial charge in [0.2, 0.25) is 0 Å². The Morgan fingerprint density at radius 3 is 2.68 bits per heavy atom. The molecule has 0 aromatic heterocycles. The Morgan fingerprint density at radius 1 is 1.07 bits per heavy atom. The second kappa shape index (κ2) is 8.50. The third kappa shape index (κ3) is 3.61. The highest BCUT2D eigenvalue weighted by Gasteiger charge is 2.39. The lowest BCUT2D eigenvalue weighted by Crippen LogP contribution is -2.36. The van der Waals surface area contributed by atoms with Crippen molar-refractivity contribution in [3.05, 3.63) is 60.3 Å². The van der Waals surface area contributed by atoms with E-state index in [1.165, 1.54) is 21.8 Å². The van der Waals surface area contributed by atoms with Gasteiger partial charge < -0.3 is 19.4 Å². The van der Waals surface area contributed by atoms with E-state index in [4.69, 9.17) is 4.74 Å². The van der Waals surface area contributed by atoms with Crippen molar-refractivity contribution in [2.24, 2.45) is 0 Å². The van der Waals surface area contributed by atoms with E-state index in [1.54, 1.807) is 7.11 Å². The average molecular weight is 396 g/mol. The van der Waals surface area contributed by atoms with Crippen LogP contribution in [0.5, 0.6) is 5.75 Å². The molecule has 5 heteroatoms. The molecule has 0 aliphatic carbocycles. The molecule has 0 bridgehead atoms. The number of methoxy groups -OCH3 is 1. The minimum atomic E-state index is 0.301. The highest BCUT2D eigenvalue weighted by Crippen LogP contribution is 2.50. The van der Waals surface area contributed by atoms with Crippen LogP contribution in [0.2, 0.25) is 0 Å². The first kappa shape index (κ1) is 19.2. The number of nitrogens with zero attached hydrogens (tertiary/aromatic N) is 3. The fraction of sp³-hybridized carbons (Fsp3) is 0.391. The number of benzene rings is 2. The summed E-state index contributed by atoms with van der Waals surface area (Å²) in [6.07, 6.45) is 3.47. The Hall–Kier alpha value is -2.11. The van der Waals surface area contributed by atoms with Gasteiger partial charge in [0, 0.05) is 23.2 Å². The van der Waals surface area contributed by atoms with Crippen LogP contribution in [0.25, 0.3) is 5.70 Å². The van der Waals surface area contributed by atoms with E-state index in [2.05, 4.69) is 77.2 Å². The third-order valence-corrected chi connectivity index (χ3v) is 6.88. The summed E-state index contributed by atoms with van der Waals surface area (Å²) in [4.78, 5) is 8.84. The number of thioether (sulfide) groups is 1. The van der Waals surface area contributed by atoms with E-state index in [0.717, 1.165) is 38.3 Å². The smallest absolute Gasteiger partial charge is 0.159 e. The summed E-state index contributed by atoms with van der Waals surface area (Å²) in [5.74, 6) is 0.904. The highest BCUT2D eigenvalue weighted by atomic mass is 32.2. The molecule has 0 N–H and O–H groups in total. The SMILES string of the molecule is CCN(CC)CCCN1C(c2cccc(OC)c2)=CN2c3ccccc3SC12. The summed E-state index contributed by atoms with van der Waals surface area (Å²) >= 11 is 1.95. The van der Waals surface area contributed by atoms with Gasteiger partial charge in [-0.3, -0.25) is 0 Å². The first-order chi connectivity index (χ1) is 13.7. The van der Waals surface area contributed by atoms with Crippen LogP contribution in [0.3, 0.4) is 0 Å². The standard InChI is InChI=1S/C23H29N3OS/c1-4-24(5-2)14-9-15-25-21(18-10-8-11-19(16-18)27-3)17-26-20-12-6-7-13-22(20)28-23(25)26/h6-8,10-13,16-17,23H,4-5,9,14-15H2,1-3H3. The zero-order chi connectivity index (χ0) is 19.5. The molecule has 0 amide bonds. The van der Waals surface area contributed by atoms with Gasteiger partial charge in [-0.05, 0) is 50.3 Å².